The molecule has 0 bridgehead atoms. The van der Waals surface area contributed by atoms with E-state index in [2.05, 4.69) is 26.7 Å². The predicted octanol–water partition coefficient (Wildman–Crippen LogP) is 3.33. The molecule has 3 rings (SSSR count). The Kier molecular flexibility index (Phi) is 5.36. The topological polar surface area (TPSA) is 66.9 Å². The molecule has 5 nitrogen and oxygen atoms in total. The van der Waals surface area contributed by atoms with Crippen LogP contribution in [0.4, 0.5) is 5.69 Å². The van der Waals surface area contributed by atoms with Crippen molar-refractivity contribution in [2.45, 2.75) is 20.0 Å². The van der Waals surface area contributed by atoms with Gasteiger partial charge >= 0.3 is 0 Å². The number of hydrogen-bond donors (Lipinski definition) is 2. The summed E-state index contributed by atoms with van der Waals surface area (Å²) in [4.78, 5) is 20.5. The molecule has 0 aliphatic rings. The molecule has 1 amide bonds. The second kappa shape index (κ2) is 8.06. The van der Waals surface area contributed by atoms with Crippen molar-refractivity contribution in [3.8, 4) is 0 Å². The Labute approximate surface area is 147 Å². The van der Waals surface area contributed by atoms with Crippen LogP contribution in [0.5, 0.6) is 0 Å². The summed E-state index contributed by atoms with van der Waals surface area (Å²) < 4.78 is 0. The van der Waals surface area contributed by atoms with Crippen LogP contribution in [0.15, 0.2) is 67.1 Å². The van der Waals surface area contributed by atoms with Gasteiger partial charge in [0, 0.05) is 37.4 Å². The molecule has 0 spiro atoms. The van der Waals surface area contributed by atoms with Crippen molar-refractivity contribution in [1.82, 2.24) is 15.3 Å². The third-order valence-electron chi connectivity index (χ3n) is 3.77. The summed E-state index contributed by atoms with van der Waals surface area (Å²) >= 11 is 0. The number of nitrogens with zero attached hydrogens (tertiary/aromatic N) is 2. The van der Waals surface area contributed by atoms with E-state index in [0.717, 1.165) is 16.8 Å². The molecule has 0 aliphatic carbocycles. The predicted molar refractivity (Wildman–Crippen MR) is 98.1 cm³/mol. The number of carbonyl (C=O) groups is 1. The zero-order valence-electron chi connectivity index (χ0n) is 14.1. The average Bonchev–Trinajstić information content (AvgIpc) is 2.65. The molecule has 0 saturated heterocycles. The van der Waals surface area contributed by atoms with Crippen LogP contribution in [0.2, 0.25) is 0 Å². The van der Waals surface area contributed by atoms with Crippen LogP contribution < -0.4 is 10.6 Å². The standard InChI is InChI=1S/C20H20N4O/c1-15-3-2-4-17(11-15)14-24-20(25)19-12-18(7-10-22-19)23-13-16-5-8-21-9-6-16/h2-12H,13-14H2,1H3,(H,22,23)(H,24,25). The number of nitrogens with one attached hydrogen (secondary N) is 2. The van der Waals surface area contributed by atoms with E-state index in [1.54, 1.807) is 24.7 Å². The van der Waals surface area contributed by atoms with Crippen LogP contribution >= 0.6 is 0 Å². The van der Waals surface area contributed by atoms with Crippen LogP contribution in [0.1, 0.15) is 27.2 Å². The first-order chi connectivity index (χ1) is 12.2. The quantitative estimate of drug-likeness (QED) is 0.726. The highest BCUT2D eigenvalue weighted by atomic mass is 16.1. The molecule has 126 valence electrons. The third-order valence-corrected chi connectivity index (χ3v) is 3.77. The van der Waals surface area contributed by atoms with Crippen molar-refractivity contribution < 1.29 is 4.79 Å². The van der Waals surface area contributed by atoms with Gasteiger partial charge in [0.2, 0.25) is 0 Å². The molecule has 3 aromatic rings. The Morgan fingerprint density at radius 3 is 2.60 bits per heavy atom. The minimum absolute atomic E-state index is 0.186. The SMILES string of the molecule is Cc1cccc(CNC(=O)c2cc(NCc3ccncc3)ccn2)c1. The molecular weight excluding hydrogens is 312 g/mol. The first-order valence-corrected chi connectivity index (χ1v) is 8.13. The van der Waals surface area contributed by atoms with Crippen LogP contribution in [-0.4, -0.2) is 15.9 Å². The third kappa shape index (κ3) is 4.88. The highest BCUT2D eigenvalue weighted by Gasteiger charge is 2.08. The zero-order valence-corrected chi connectivity index (χ0v) is 14.1. The number of anilines is 1. The molecule has 0 atom stereocenters. The Bertz CT molecular complexity index is 849. The highest BCUT2D eigenvalue weighted by Crippen LogP contribution is 2.10. The van der Waals surface area contributed by atoms with Crippen molar-refractivity contribution >= 4 is 11.6 Å². The number of pyridine rings is 2. The lowest BCUT2D eigenvalue weighted by molar-refractivity contribution is 0.0946. The lowest BCUT2D eigenvalue weighted by Gasteiger charge is -2.09. The Balaban J connectivity index is 1.59. The molecule has 5 heteroatoms. The van der Waals surface area contributed by atoms with E-state index in [1.165, 1.54) is 5.56 Å². The van der Waals surface area contributed by atoms with Gasteiger partial charge in [0.25, 0.3) is 5.91 Å². The maximum absolute atomic E-state index is 12.3. The molecule has 2 heterocycles. The maximum Gasteiger partial charge on any atom is 0.270 e. The van der Waals surface area contributed by atoms with Gasteiger partial charge in [-0.25, -0.2) is 0 Å². The van der Waals surface area contributed by atoms with Crippen molar-refractivity contribution in [2.75, 3.05) is 5.32 Å². The summed E-state index contributed by atoms with van der Waals surface area (Å²) in [6, 6.07) is 15.6. The molecule has 1 aromatic carbocycles. The summed E-state index contributed by atoms with van der Waals surface area (Å²) in [6.45, 7) is 3.18. The Morgan fingerprint density at radius 1 is 0.960 bits per heavy atom. The van der Waals surface area contributed by atoms with E-state index < -0.39 is 0 Å². The fraction of sp³-hybridized carbons (Fsp3) is 0.150. The fourth-order valence-corrected chi connectivity index (χ4v) is 2.46. The van der Waals surface area contributed by atoms with Gasteiger partial charge in [0.15, 0.2) is 0 Å². The van der Waals surface area contributed by atoms with Gasteiger partial charge in [-0.15, -0.1) is 0 Å². The number of rotatable bonds is 6. The monoisotopic (exact) mass is 332 g/mol. The van der Waals surface area contributed by atoms with Crippen molar-refractivity contribution in [3.05, 3.63) is 89.5 Å². The van der Waals surface area contributed by atoms with Gasteiger partial charge in [-0.05, 0) is 42.3 Å². The van der Waals surface area contributed by atoms with Gasteiger partial charge in [-0.1, -0.05) is 29.8 Å². The molecule has 0 unspecified atom stereocenters. The maximum atomic E-state index is 12.3. The van der Waals surface area contributed by atoms with E-state index >= 15 is 0 Å². The Hall–Kier alpha value is -3.21. The van der Waals surface area contributed by atoms with E-state index in [9.17, 15) is 4.79 Å². The molecule has 2 N–H and O–H groups in total. The van der Waals surface area contributed by atoms with E-state index in [1.807, 2.05) is 43.3 Å². The molecule has 0 fully saturated rings. The van der Waals surface area contributed by atoms with Crippen LogP contribution in [-0.2, 0) is 13.1 Å². The fourth-order valence-electron chi connectivity index (χ4n) is 2.46. The molecular formula is C20H20N4O. The first kappa shape index (κ1) is 16.6. The van der Waals surface area contributed by atoms with E-state index in [-0.39, 0.29) is 5.91 Å². The molecule has 25 heavy (non-hydrogen) atoms. The number of carbonyl (C=O) groups excluding carboxylic acids is 1. The van der Waals surface area contributed by atoms with Crippen LogP contribution in [0.3, 0.4) is 0 Å². The largest absolute Gasteiger partial charge is 0.381 e. The lowest BCUT2D eigenvalue weighted by Crippen LogP contribution is -2.23. The van der Waals surface area contributed by atoms with Crippen molar-refractivity contribution in [1.29, 1.82) is 0 Å². The molecule has 0 aliphatic heterocycles. The van der Waals surface area contributed by atoms with Crippen LogP contribution in [0.25, 0.3) is 0 Å². The average molecular weight is 332 g/mol. The van der Waals surface area contributed by atoms with Crippen molar-refractivity contribution in [3.63, 3.8) is 0 Å². The first-order valence-electron chi connectivity index (χ1n) is 8.13. The molecule has 0 saturated carbocycles. The van der Waals surface area contributed by atoms with Gasteiger partial charge < -0.3 is 10.6 Å². The second-order valence-electron chi connectivity index (χ2n) is 5.81. The van der Waals surface area contributed by atoms with E-state index in [4.69, 9.17) is 0 Å². The Morgan fingerprint density at radius 2 is 1.80 bits per heavy atom. The lowest BCUT2D eigenvalue weighted by atomic mass is 10.1. The smallest absolute Gasteiger partial charge is 0.270 e. The summed E-state index contributed by atoms with van der Waals surface area (Å²) in [5.74, 6) is -0.186. The van der Waals surface area contributed by atoms with Gasteiger partial charge in [-0.3, -0.25) is 14.8 Å². The van der Waals surface area contributed by atoms with Crippen LogP contribution in [0, 0.1) is 6.92 Å². The number of hydrogen-bond acceptors (Lipinski definition) is 4. The second-order valence-corrected chi connectivity index (χ2v) is 5.81. The van der Waals surface area contributed by atoms with Gasteiger partial charge in [-0.2, -0.15) is 0 Å². The number of aromatic nitrogens is 2. The number of amides is 1. The number of benzene rings is 1. The molecule has 2 aromatic heterocycles. The van der Waals surface area contributed by atoms with Gasteiger partial charge in [0.05, 0.1) is 0 Å². The summed E-state index contributed by atoms with van der Waals surface area (Å²) in [7, 11) is 0. The zero-order chi connectivity index (χ0) is 17.5. The normalized spacial score (nSPS) is 10.3. The number of aryl methyl sites for hydroxylation is 1. The van der Waals surface area contributed by atoms with E-state index in [0.29, 0.717) is 18.8 Å². The summed E-state index contributed by atoms with van der Waals surface area (Å²) in [5.41, 5.74) is 4.62. The minimum Gasteiger partial charge on any atom is -0.381 e. The highest BCUT2D eigenvalue weighted by molar-refractivity contribution is 5.93. The molecule has 0 radical (unpaired) electrons. The summed E-state index contributed by atoms with van der Waals surface area (Å²) in [5, 5.41) is 6.20. The summed E-state index contributed by atoms with van der Waals surface area (Å²) in [6.07, 6.45) is 5.15. The van der Waals surface area contributed by atoms with Crippen molar-refractivity contribution in [2.24, 2.45) is 0 Å². The minimum atomic E-state index is -0.186. The van der Waals surface area contributed by atoms with Gasteiger partial charge in [0.1, 0.15) is 5.69 Å².